The molecular weight excluding hydrogens is 314 g/mol. The maximum absolute atomic E-state index is 9.59. The Morgan fingerprint density at radius 3 is 2.91 bits per heavy atom. The Kier molecular flexibility index (Phi) is 5.30. The Hall–Kier alpha value is -1.43. The van der Waals surface area contributed by atoms with Crippen molar-refractivity contribution < 1.29 is 9.63 Å². The molecule has 1 aliphatic heterocycles. The van der Waals surface area contributed by atoms with Gasteiger partial charge in [0, 0.05) is 29.6 Å². The van der Waals surface area contributed by atoms with Crippen LogP contribution in [0.5, 0.6) is 0 Å². The first kappa shape index (κ1) is 16.4. The van der Waals surface area contributed by atoms with E-state index in [9.17, 15) is 5.11 Å². The van der Waals surface area contributed by atoms with Crippen LogP contribution in [0.15, 0.2) is 28.8 Å². The monoisotopic (exact) mass is 335 g/mol. The minimum Gasteiger partial charge on any atom is -0.393 e. The standard InChI is InChI=1S/C17H22ClN3O2/c1-12(22)11-15-3-2-9-21(15)10-8-16-19-17(20-23-16)13-4-6-14(18)7-5-13/h4-7,12,15,22H,2-3,8-11H2,1H3. The molecule has 5 nitrogen and oxygen atoms in total. The Morgan fingerprint density at radius 2 is 2.17 bits per heavy atom. The molecule has 1 aromatic carbocycles. The molecule has 2 unspecified atom stereocenters. The Balaban J connectivity index is 1.58. The third-order valence-corrected chi connectivity index (χ3v) is 4.55. The van der Waals surface area contributed by atoms with Gasteiger partial charge in [-0.2, -0.15) is 4.98 Å². The molecule has 6 heteroatoms. The molecule has 1 N–H and O–H groups in total. The van der Waals surface area contributed by atoms with E-state index >= 15 is 0 Å². The van der Waals surface area contributed by atoms with Crippen molar-refractivity contribution in [2.75, 3.05) is 13.1 Å². The first-order valence-corrected chi connectivity index (χ1v) is 8.50. The van der Waals surface area contributed by atoms with Gasteiger partial charge in [0.2, 0.25) is 11.7 Å². The van der Waals surface area contributed by atoms with Gasteiger partial charge in [0.05, 0.1) is 6.10 Å². The number of likely N-dealkylation sites (tertiary alicyclic amines) is 1. The summed E-state index contributed by atoms with van der Waals surface area (Å²) in [4.78, 5) is 6.88. The van der Waals surface area contributed by atoms with E-state index in [4.69, 9.17) is 16.1 Å². The second-order valence-electron chi connectivity index (χ2n) is 6.19. The van der Waals surface area contributed by atoms with E-state index in [1.54, 1.807) is 0 Å². The molecule has 0 aliphatic carbocycles. The molecule has 0 spiro atoms. The predicted octanol–water partition coefficient (Wildman–Crippen LogP) is 3.17. The predicted molar refractivity (Wildman–Crippen MR) is 89.3 cm³/mol. The van der Waals surface area contributed by atoms with Crippen LogP contribution in [-0.4, -0.2) is 45.4 Å². The molecular formula is C17H22ClN3O2. The highest BCUT2D eigenvalue weighted by Crippen LogP contribution is 2.22. The van der Waals surface area contributed by atoms with Gasteiger partial charge < -0.3 is 9.63 Å². The number of aromatic nitrogens is 2. The zero-order valence-electron chi connectivity index (χ0n) is 13.3. The van der Waals surface area contributed by atoms with Crippen LogP contribution in [0.4, 0.5) is 0 Å². The number of hydrogen-bond donors (Lipinski definition) is 1. The largest absolute Gasteiger partial charge is 0.393 e. The van der Waals surface area contributed by atoms with E-state index in [0.29, 0.717) is 22.8 Å². The molecule has 2 aromatic rings. The molecule has 1 aliphatic rings. The summed E-state index contributed by atoms with van der Waals surface area (Å²) in [6.45, 7) is 3.82. The van der Waals surface area contributed by atoms with E-state index in [0.717, 1.165) is 37.9 Å². The van der Waals surface area contributed by atoms with Crippen molar-refractivity contribution >= 4 is 11.6 Å². The highest BCUT2D eigenvalue weighted by Gasteiger charge is 2.25. The first-order valence-electron chi connectivity index (χ1n) is 8.12. The van der Waals surface area contributed by atoms with Gasteiger partial charge in [0.25, 0.3) is 0 Å². The van der Waals surface area contributed by atoms with E-state index in [2.05, 4.69) is 15.0 Å². The van der Waals surface area contributed by atoms with Crippen molar-refractivity contribution in [2.45, 2.75) is 44.8 Å². The van der Waals surface area contributed by atoms with E-state index < -0.39 is 0 Å². The summed E-state index contributed by atoms with van der Waals surface area (Å²) < 4.78 is 5.36. The summed E-state index contributed by atoms with van der Waals surface area (Å²) in [6, 6.07) is 7.87. The van der Waals surface area contributed by atoms with Crippen LogP contribution >= 0.6 is 11.6 Å². The molecule has 2 heterocycles. The van der Waals surface area contributed by atoms with Gasteiger partial charge in [0.1, 0.15) is 0 Å². The maximum atomic E-state index is 9.59. The minimum absolute atomic E-state index is 0.250. The number of aliphatic hydroxyl groups is 1. The minimum atomic E-state index is -0.250. The van der Waals surface area contributed by atoms with Gasteiger partial charge in [-0.3, -0.25) is 4.90 Å². The topological polar surface area (TPSA) is 62.4 Å². The molecule has 1 aromatic heterocycles. The summed E-state index contributed by atoms with van der Waals surface area (Å²) >= 11 is 5.89. The third-order valence-electron chi connectivity index (χ3n) is 4.30. The zero-order valence-corrected chi connectivity index (χ0v) is 14.0. The number of nitrogens with zero attached hydrogens (tertiary/aromatic N) is 3. The number of aliphatic hydroxyl groups excluding tert-OH is 1. The fourth-order valence-electron chi connectivity index (χ4n) is 3.16. The molecule has 124 valence electrons. The van der Waals surface area contributed by atoms with Gasteiger partial charge in [-0.1, -0.05) is 16.8 Å². The Bertz CT molecular complexity index is 627. The SMILES string of the molecule is CC(O)CC1CCCN1CCc1nc(-c2ccc(Cl)cc2)no1. The van der Waals surface area contributed by atoms with Crippen LogP contribution in [0.2, 0.25) is 5.02 Å². The second-order valence-corrected chi connectivity index (χ2v) is 6.62. The van der Waals surface area contributed by atoms with Crippen molar-refractivity contribution in [1.29, 1.82) is 0 Å². The number of halogens is 1. The zero-order chi connectivity index (χ0) is 16.2. The smallest absolute Gasteiger partial charge is 0.228 e. The van der Waals surface area contributed by atoms with Gasteiger partial charge in [0.15, 0.2) is 0 Å². The van der Waals surface area contributed by atoms with E-state index in [1.165, 1.54) is 6.42 Å². The van der Waals surface area contributed by atoms with Crippen LogP contribution < -0.4 is 0 Å². The molecule has 1 fully saturated rings. The quantitative estimate of drug-likeness (QED) is 0.878. The van der Waals surface area contributed by atoms with Crippen molar-refractivity contribution in [3.63, 3.8) is 0 Å². The Morgan fingerprint density at radius 1 is 1.39 bits per heavy atom. The summed E-state index contributed by atoms with van der Waals surface area (Å²) in [5, 5.41) is 14.3. The summed E-state index contributed by atoms with van der Waals surface area (Å²) in [6.07, 6.45) is 3.67. The fourth-order valence-corrected chi connectivity index (χ4v) is 3.29. The Labute approximate surface area is 141 Å². The summed E-state index contributed by atoms with van der Waals surface area (Å²) in [5.74, 6) is 1.25. The fraction of sp³-hybridized carbons (Fsp3) is 0.529. The van der Waals surface area contributed by atoms with Crippen molar-refractivity contribution in [2.24, 2.45) is 0 Å². The van der Waals surface area contributed by atoms with Crippen molar-refractivity contribution in [3.8, 4) is 11.4 Å². The van der Waals surface area contributed by atoms with Crippen LogP contribution in [-0.2, 0) is 6.42 Å². The average Bonchev–Trinajstić information content (AvgIpc) is 3.15. The van der Waals surface area contributed by atoms with Crippen molar-refractivity contribution in [1.82, 2.24) is 15.0 Å². The molecule has 1 saturated heterocycles. The van der Waals surface area contributed by atoms with Gasteiger partial charge in [-0.05, 0) is 57.0 Å². The first-order chi connectivity index (χ1) is 11.1. The van der Waals surface area contributed by atoms with Gasteiger partial charge in [-0.15, -0.1) is 0 Å². The lowest BCUT2D eigenvalue weighted by Crippen LogP contribution is -2.33. The lowest BCUT2D eigenvalue weighted by atomic mass is 10.1. The molecule has 0 bridgehead atoms. The lowest BCUT2D eigenvalue weighted by Gasteiger charge is -2.24. The number of benzene rings is 1. The number of rotatable bonds is 6. The van der Waals surface area contributed by atoms with E-state index in [1.807, 2.05) is 31.2 Å². The molecule has 23 heavy (non-hydrogen) atoms. The van der Waals surface area contributed by atoms with Crippen LogP contribution in [0.3, 0.4) is 0 Å². The van der Waals surface area contributed by atoms with Gasteiger partial charge >= 0.3 is 0 Å². The van der Waals surface area contributed by atoms with Crippen LogP contribution in [0, 0.1) is 0 Å². The molecule has 0 saturated carbocycles. The number of hydrogen-bond acceptors (Lipinski definition) is 5. The van der Waals surface area contributed by atoms with Crippen molar-refractivity contribution in [3.05, 3.63) is 35.2 Å². The maximum Gasteiger partial charge on any atom is 0.228 e. The molecule has 0 radical (unpaired) electrons. The average molecular weight is 336 g/mol. The van der Waals surface area contributed by atoms with Crippen LogP contribution in [0.1, 0.15) is 32.1 Å². The normalized spacial score (nSPS) is 20.0. The lowest BCUT2D eigenvalue weighted by molar-refractivity contribution is 0.133. The highest BCUT2D eigenvalue weighted by atomic mass is 35.5. The van der Waals surface area contributed by atoms with Crippen LogP contribution in [0.25, 0.3) is 11.4 Å². The summed E-state index contributed by atoms with van der Waals surface area (Å²) in [7, 11) is 0. The second kappa shape index (κ2) is 7.43. The third kappa shape index (κ3) is 4.31. The van der Waals surface area contributed by atoms with E-state index in [-0.39, 0.29) is 6.10 Å². The van der Waals surface area contributed by atoms with Gasteiger partial charge in [-0.25, -0.2) is 0 Å². The highest BCUT2D eigenvalue weighted by molar-refractivity contribution is 6.30. The molecule has 3 rings (SSSR count). The molecule has 2 atom stereocenters. The summed E-state index contributed by atoms with van der Waals surface area (Å²) in [5.41, 5.74) is 0.901. The molecule has 0 amide bonds.